The predicted octanol–water partition coefficient (Wildman–Crippen LogP) is 3.07. The van der Waals surface area contributed by atoms with Crippen molar-refractivity contribution in [2.75, 3.05) is 26.5 Å². The van der Waals surface area contributed by atoms with E-state index in [0.29, 0.717) is 13.0 Å². The van der Waals surface area contributed by atoms with Gasteiger partial charge in [0, 0.05) is 31.2 Å². The summed E-state index contributed by atoms with van der Waals surface area (Å²) in [5.41, 5.74) is 4.66. The van der Waals surface area contributed by atoms with Gasteiger partial charge < -0.3 is 14.3 Å². The lowest BCUT2D eigenvalue weighted by atomic mass is 10.1. The number of hydrogen-bond donors (Lipinski definition) is 0. The fourth-order valence-electron chi connectivity index (χ4n) is 3.54. The monoisotopic (exact) mass is 471 g/mol. The number of sulfone groups is 1. The van der Waals surface area contributed by atoms with Gasteiger partial charge in [0.1, 0.15) is 0 Å². The van der Waals surface area contributed by atoms with E-state index in [0.717, 1.165) is 28.2 Å². The molecule has 3 aromatic rings. The van der Waals surface area contributed by atoms with Gasteiger partial charge in [-0.05, 0) is 54.8 Å². The topological polar surface area (TPSA) is 112 Å². The van der Waals surface area contributed by atoms with E-state index in [4.69, 9.17) is 0 Å². The average molecular weight is 472 g/mol. The highest BCUT2D eigenvalue weighted by Gasteiger charge is 2.17. The summed E-state index contributed by atoms with van der Waals surface area (Å²) in [6.07, 6.45) is 1.70. The second-order valence-corrected chi connectivity index (χ2v) is 9.69. The van der Waals surface area contributed by atoms with Crippen LogP contribution in [0.15, 0.2) is 65.6 Å². The number of likely N-dealkylation sites (N-methyl/N-ethyl adjacent to an activating group) is 1. The zero-order chi connectivity index (χ0) is 24.2. The highest BCUT2D eigenvalue weighted by atomic mass is 32.2. The Morgan fingerprint density at radius 3 is 2.33 bits per heavy atom. The Bertz CT molecular complexity index is 1250. The number of para-hydroxylation sites is 1. The third kappa shape index (κ3) is 5.78. The van der Waals surface area contributed by atoms with Crippen molar-refractivity contribution in [1.82, 2.24) is 9.47 Å². The minimum atomic E-state index is -3.30. The molecular weight excluding hydrogens is 446 g/mol. The van der Waals surface area contributed by atoms with E-state index in [-0.39, 0.29) is 4.90 Å². The molecule has 0 aliphatic heterocycles. The molecule has 0 spiro atoms. The van der Waals surface area contributed by atoms with Crippen molar-refractivity contribution in [3.05, 3.63) is 82.0 Å². The van der Waals surface area contributed by atoms with E-state index >= 15 is 0 Å². The molecule has 1 amide bonds. The zero-order valence-electron chi connectivity index (χ0n) is 18.6. The zero-order valence-corrected chi connectivity index (χ0v) is 19.4. The summed E-state index contributed by atoms with van der Waals surface area (Å²) in [4.78, 5) is 28.1. The van der Waals surface area contributed by atoms with Crippen LogP contribution in [0.25, 0.3) is 16.9 Å². The van der Waals surface area contributed by atoms with Crippen molar-refractivity contribution in [2.24, 2.45) is 0 Å². The Balaban J connectivity index is 1.93. The van der Waals surface area contributed by atoms with Gasteiger partial charge in [0.15, 0.2) is 16.4 Å². The first-order chi connectivity index (χ1) is 15.6. The smallest absolute Gasteiger partial charge is 0.295 e. The van der Waals surface area contributed by atoms with Crippen molar-refractivity contribution in [3.63, 3.8) is 0 Å². The lowest BCUT2D eigenvalue weighted by Gasteiger charge is -2.16. The van der Waals surface area contributed by atoms with Crippen LogP contribution in [0.2, 0.25) is 0 Å². The molecular formula is C23H25N3O6S. The molecule has 2 aromatic carbocycles. The number of carbonyl (C=O) groups is 1. The van der Waals surface area contributed by atoms with Crippen molar-refractivity contribution in [1.29, 1.82) is 0 Å². The molecule has 174 valence electrons. The first-order valence-electron chi connectivity index (χ1n) is 10.2. The largest absolute Gasteiger partial charge is 0.344 e. The summed E-state index contributed by atoms with van der Waals surface area (Å²) in [5.74, 6) is -0.483. The van der Waals surface area contributed by atoms with E-state index in [9.17, 15) is 23.3 Å². The van der Waals surface area contributed by atoms with Crippen LogP contribution in [-0.2, 0) is 25.9 Å². The lowest BCUT2D eigenvalue weighted by Crippen LogP contribution is -2.32. The van der Waals surface area contributed by atoms with Crippen LogP contribution in [0.1, 0.15) is 11.3 Å². The molecule has 1 heterocycles. The van der Waals surface area contributed by atoms with Crippen LogP contribution >= 0.6 is 0 Å². The molecule has 0 radical (unpaired) electrons. The molecule has 9 nitrogen and oxygen atoms in total. The second kappa shape index (κ2) is 9.86. The van der Waals surface area contributed by atoms with Crippen LogP contribution in [0.5, 0.6) is 0 Å². The van der Waals surface area contributed by atoms with Crippen LogP contribution in [0, 0.1) is 17.0 Å². The van der Waals surface area contributed by atoms with Gasteiger partial charge in [0.05, 0.1) is 10.6 Å². The Morgan fingerprint density at radius 1 is 1.12 bits per heavy atom. The Kier molecular flexibility index (Phi) is 7.17. The third-order valence-corrected chi connectivity index (χ3v) is 6.51. The predicted molar refractivity (Wildman–Crippen MR) is 123 cm³/mol. The fraction of sp³-hybridized carbons (Fsp3) is 0.261. The van der Waals surface area contributed by atoms with Gasteiger partial charge in [-0.25, -0.2) is 8.42 Å². The van der Waals surface area contributed by atoms with Gasteiger partial charge >= 0.3 is 0 Å². The van der Waals surface area contributed by atoms with Crippen LogP contribution in [-0.4, -0.2) is 55.3 Å². The summed E-state index contributed by atoms with van der Waals surface area (Å²) >= 11 is 0. The van der Waals surface area contributed by atoms with E-state index in [1.54, 1.807) is 31.3 Å². The molecule has 0 saturated carbocycles. The van der Waals surface area contributed by atoms with E-state index < -0.39 is 27.4 Å². The number of hydrogen-bond acceptors (Lipinski definition) is 6. The maximum atomic E-state index is 12.0. The Labute approximate surface area is 192 Å². The number of aromatic nitrogens is 1. The average Bonchev–Trinajstić information content (AvgIpc) is 3.11. The van der Waals surface area contributed by atoms with Gasteiger partial charge in [-0.2, -0.15) is 0 Å². The van der Waals surface area contributed by atoms with Gasteiger partial charge in [-0.1, -0.05) is 30.3 Å². The molecule has 3 rings (SSSR count). The Morgan fingerprint density at radius 2 is 1.76 bits per heavy atom. The van der Waals surface area contributed by atoms with E-state index in [2.05, 4.69) is 9.40 Å². The van der Waals surface area contributed by atoms with Crippen molar-refractivity contribution in [3.8, 4) is 16.9 Å². The highest BCUT2D eigenvalue weighted by Crippen LogP contribution is 2.30. The quantitative estimate of drug-likeness (QED) is 0.350. The normalized spacial score (nSPS) is 11.2. The summed E-state index contributed by atoms with van der Waals surface area (Å²) in [6, 6.07) is 18.5. The molecule has 10 heteroatoms. The third-order valence-electron chi connectivity index (χ3n) is 5.38. The molecule has 0 atom stereocenters. The minimum absolute atomic E-state index is 0.248. The summed E-state index contributed by atoms with van der Waals surface area (Å²) in [7, 11) is -1.73. The number of amides is 1. The summed E-state index contributed by atoms with van der Waals surface area (Å²) in [6.45, 7) is 1.71. The van der Waals surface area contributed by atoms with Crippen LogP contribution < -0.4 is 0 Å². The minimum Gasteiger partial charge on any atom is -0.344 e. The Hall–Kier alpha value is -3.66. The standard InChI is InChI=1S/C23H25N3O6S/c1-17-19(13-14-24(2)23(27)16-32-26(28)29)15-22(25(17)20-7-5-4-6-8-20)18-9-11-21(12-10-18)33(3,30)31/h4-12,15H,13-14,16H2,1-3H3. The van der Waals surface area contributed by atoms with Gasteiger partial charge in [0.2, 0.25) is 5.91 Å². The summed E-state index contributed by atoms with van der Waals surface area (Å²) in [5, 5.41) is 9.32. The lowest BCUT2D eigenvalue weighted by molar-refractivity contribution is -0.754. The SMILES string of the molecule is Cc1c(CCN(C)C(=O)CO[N+](=O)[O-])cc(-c2ccc(S(C)(=O)=O)cc2)n1-c1ccccc1. The molecule has 0 aliphatic rings. The number of benzene rings is 2. The fourth-order valence-corrected chi connectivity index (χ4v) is 4.17. The van der Waals surface area contributed by atoms with Gasteiger partial charge in [-0.3, -0.25) is 4.79 Å². The number of carbonyl (C=O) groups excluding carboxylic acids is 1. The van der Waals surface area contributed by atoms with Crippen molar-refractivity contribution in [2.45, 2.75) is 18.2 Å². The molecule has 0 fully saturated rings. The molecule has 0 N–H and O–H groups in total. The first kappa shape index (κ1) is 24.0. The molecule has 0 aliphatic carbocycles. The van der Waals surface area contributed by atoms with Gasteiger partial charge in [0.25, 0.3) is 5.09 Å². The van der Waals surface area contributed by atoms with Crippen molar-refractivity contribution >= 4 is 15.7 Å². The molecule has 0 bridgehead atoms. The van der Waals surface area contributed by atoms with E-state index in [1.807, 2.05) is 43.3 Å². The van der Waals surface area contributed by atoms with Crippen LogP contribution in [0.4, 0.5) is 0 Å². The maximum Gasteiger partial charge on any atom is 0.295 e. The molecule has 1 aromatic heterocycles. The highest BCUT2D eigenvalue weighted by molar-refractivity contribution is 7.90. The maximum absolute atomic E-state index is 12.0. The summed E-state index contributed by atoms with van der Waals surface area (Å²) < 4.78 is 25.7. The molecule has 33 heavy (non-hydrogen) atoms. The molecule has 0 saturated heterocycles. The second-order valence-electron chi connectivity index (χ2n) is 7.67. The molecule has 0 unspecified atom stereocenters. The van der Waals surface area contributed by atoms with Crippen molar-refractivity contribution < 1.29 is 23.1 Å². The number of rotatable bonds is 9. The first-order valence-corrected chi connectivity index (χ1v) is 12.1. The van der Waals surface area contributed by atoms with Crippen LogP contribution in [0.3, 0.4) is 0 Å². The number of nitrogens with zero attached hydrogens (tertiary/aromatic N) is 3. The van der Waals surface area contributed by atoms with Gasteiger partial charge in [-0.15, -0.1) is 10.1 Å². The van der Waals surface area contributed by atoms with E-state index in [1.165, 1.54) is 11.2 Å².